The molecular formula is C15H21NO4. The maximum Gasteiger partial charge on any atom is 0.313 e. The van der Waals surface area contributed by atoms with Crippen LogP contribution in [0.2, 0.25) is 0 Å². The molecule has 1 fully saturated rings. The Balaban J connectivity index is 2.28. The van der Waals surface area contributed by atoms with Gasteiger partial charge in [0.05, 0.1) is 11.0 Å². The SMILES string of the molecule is CCC1(CC)C(O)CC1Oc1cccc(C)c1[N+](=O)[O-]. The Kier molecular flexibility index (Phi) is 3.99. The molecule has 0 saturated heterocycles. The lowest BCUT2D eigenvalue weighted by Gasteiger charge is -2.52. The monoisotopic (exact) mass is 279 g/mol. The summed E-state index contributed by atoms with van der Waals surface area (Å²) < 4.78 is 5.89. The van der Waals surface area contributed by atoms with Gasteiger partial charge < -0.3 is 9.84 Å². The van der Waals surface area contributed by atoms with Crippen LogP contribution in [0.15, 0.2) is 18.2 Å². The highest BCUT2D eigenvalue weighted by atomic mass is 16.6. The number of nitrogens with zero attached hydrogens (tertiary/aromatic N) is 1. The number of aliphatic hydroxyl groups excluding tert-OH is 1. The van der Waals surface area contributed by atoms with Crippen molar-refractivity contribution in [3.63, 3.8) is 0 Å². The average Bonchev–Trinajstić information content (AvgIpc) is 2.39. The van der Waals surface area contributed by atoms with Crippen LogP contribution in [0.5, 0.6) is 5.75 Å². The van der Waals surface area contributed by atoms with E-state index in [-0.39, 0.29) is 23.3 Å². The van der Waals surface area contributed by atoms with Crippen LogP contribution >= 0.6 is 0 Å². The highest BCUT2D eigenvalue weighted by Gasteiger charge is 2.54. The average molecular weight is 279 g/mol. The zero-order valence-corrected chi connectivity index (χ0v) is 12.1. The fourth-order valence-electron chi connectivity index (χ4n) is 3.18. The number of ether oxygens (including phenoxy) is 1. The fraction of sp³-hybridized carbons (Fsp3) is 0.600. The van der Waals surface area contributed by atoms with Gasteiger partial charge in [-0.15, -0.1) is 0 Å². The molecule has 2 unspecified atom stereocenters. The van der Waals surface area contributed by atoms with Crippen LogP contribution in [0.3, 0.4) is 0 Å². The molecule has 5 heteroatoms. The normalized spacial score (nSPS) is 24.0. The molecule has 1 aliphatic rings. The van der Waals surface area contributed by atoms with Crippen molar-refractivity contribution in [2.75, 3.05) is 0 Å². The number of aryl methyl sites for hydroxylation is 1. The minimum atomic E-state index is -0.403. The molecule has 0 bridgehead atoms. The van der Waals surface area contributed by atoms with Gasteiger partial charge >= 0.3 is 5.69 Å². The Morgan fingerprint density at radius 2 is 2.10 bits per heavy atom. The van der Waals surface area contributed by atoms with Gasteiger partial charge in [0.1, 0.15) is 6.10 Å². The summed E-state index contributed by atoms with van der Waals surface area (Å²) >= 11 is 0. The second-order valence-corrected chi connectivity index (χ2v) is 5.48. The number of nitro benzene ring substituents is 1. The lowest BCUT2D eigenvalue weighted by atomic mass is 9.60. The molecule has 1 aromatic rings. The number of para-hydroxylation sites is 1. The molecule has 0 heterocycles. The van der Waals surface area contributed by atoms with E-state index in [1.54, 1.807) is 25.1 Å². The first-order valence-electron chi connectivity index (χ1n) is 7.05. The summed E-state index contributed by atoms with van der Waals surface area (Å²) in [7, 11) is 0. The van der Waals surface area contributed by atoms with E-state index in [0.29, 0.717) is 17.7 Å². The van der Waals surface area contributed by atoms with E-state index < -0.39 is 4.92 Å². The summed E-state index contributed by atoms with van der Waals surface area (Å²) in [5.74, 6) is 0.304. The van der Waals surface area contributed by atoms with E-state index in [9.17, 15) is 15.2 Å². The molecule has 2 rings (SSSR count). The van der Waals surface area contributed by atoms with Gasteiger partial charge in [-0.3, -0.25) is 10.1 Å². The summed E-state index contributed by atoms with van der Waals surface area (Å²) in [6.45, 7) is 5.74. The Morgan fingerprint density at radius 1 is 1.45 bits per heavy atom. The summed E-state index contributed by atoms with van der Waals surface area (Å²) in [4.78, 5) is 10.8. The molecule has 0 aliphatic heterocycles. The molecule has 0 spiro atoms. The van der Waals surface area contributed by atoms with Crippen LogP contribution in [0, 0.1) is 22.5 Å². The van der Waals surface area contributed by atoms with Crippen molar-refractivity contribution in [1.82, 2.24) is 0 Å². The van der Waals surface area contributed by atoms with Gasteiger partial charge in [0.25, 0.3) is 0 Å². The van der Waals surface area contributed by atoms with Crippen molar-refractivity contribution in [1.29, 1.82) is 0 Å². The highest BCUT2D eigenvalue weighted by molar-refractivity contribution is 5.52. The van der Waals surface area contributed by atoms with Gasteiger partial charge in [0, 0.05) is 17.4 Å². The number of hydrogen-bond donors (Lipinski definition) is 1. The topological polar surface area (TPSA) is 72.6 Å². The lowest BCUT2D eigenvalue weighted by molar-refractivity contribution is -0.387. The van der Waals surface area contributed by atoms with Gasteiger partial charge in [0.15, 0.2) is 5.75 Å². The number of aliphatic hydroxyl groups is 1. The summed E-state index contributed by atoms with van der Waals surface area (Å²) in [5.41, 5.74) is 0.332. The molecule has 2 atom stereocenters. The molecular weight excluding hydrogens is 258 g/mol. The Bertz CT molecular complexity index is 511. The Labute approximate surface area is 118 Å². The molecule has 1 aromatic carbocycles. The third-order valence-corrected chi connectivity index (χ3v) is 4.71. The zero-order chi connectivity index (χ0) is 14.9. The van der Waals surface area contributed by atoms with Gasteiger partial charge in [0.2, 0.25) is 0 Å². The molecule has 0 aromatic heterocycles. The van der Waals surface area contributed by atoms with Crippen molar-refractivity contribution in [2.24, 2.45) is 5.41 Å². The number of hydrogen-bond acceptors (Lipinski definition) is 4. The molecule has 0 radical (unpaired) electrons. The van der Waals surface area contributed by atoms with Crippen molar-refractivity contribution < 1.29 is 14.8 Å². The van der Waals surface area contributed by atoms with Crippen LogP contribution in [0.1, 0.15) is 38.7 Å². The maximum atomic E-state index is 11.2. The van der Waals surface area contributed by atoms with Gasteiger partial charge in [-0.1, -0.05) is 26.0 Å². The Hall–Kier alpha value is -1.62. The van der Waals surface area contributed by atoms with Crippen molar-refractivity contribution in [3.8, 4) is 5.75 Å². The van der Waals surface area contributed by atoms with Crippen molar-refractivity contribution in [3.05, 3.63) is 33.9 Å². The van der Waals surface area contributed by atoms with E-state index in [4.69, 9.17) is 4.74 Å². The quantitative estimate of drug-likeness (QED) is 0.663. The van der Waals surface area contributed by atoms with E-state index in [1.807, 2.05) is 13.8 Å². The van der Waals surface area contributed by atoms with Crippen LogP contribution < -0.4 is 4.74 Å². The van der Waals surface area contributed by atoms with Crippen LogP contribution in [-0.4, -0.2) is 22.2 Å². The van der Waals surface area contributed by atoms with Crippen LogP contribution in [0.25, 0.3) is 0 Å². The summed E-state index contributed by atoms with van der Waals surface area (Å²) in [6, 6.07) is 5.09. The number of rotatable bonds is 5. The standard InChI is InChI=1S/C15H21NO4/c1-4-15(5-2)12(17)9-13(15)20-11-8-6-7-10(3)14(11)16(18)19/h6-8,12-13,17H,4-5,9H2,1-3H3. The molecule has 0 amide bonds. The number of nitro groups is 1. The van der Waals surface area contributed by atoms with E-state index in [2.05, 4.69) is 0 Å². The maximum absolute atomic E-state index is 11.2. The largest absolute Gasteiger partial charge is 0.483 e. The minimum absolute atomic E-state index is 0.0231. The number of benzene rings is 1. The highest BCUT2D eigenvalue weighted by Crippen LogP contribution is 2.49. The first-order valence-corrected chi connectivity index (χ1v) is 7.05. The molecule has 110 valence electrons. The molecule has 1 N–H and O–H groups in total. The van der Waals surface area contributed by atoms with E-state index >= 15 is 0 Å². The zero-order valence-electron chi connectivity index (χ0n) is 12.1. The second kappa shape index (κ2) is 5.40. The van der Waals surface area contributed by atoms with Crippen molar-refractivity contribution >= 4 is 5.69 Å². The Morgan fingerprint density at radius 3 is 2.60 bits per heavy atom. The molecule has 1 saturated carbocycles. The van der Waals surface area contributed by atoms with Crippen LogP contribution in [0.4, 0.5) is 5.69 Å². The minimum Gasteiger partial charge on any atom is -0.483 e. The second-order valence-electron chi connectivity index (χ2n) is 5.48. The van der Waals surface area contributed by atoms with E-state index in [1.165, 1.54) is 0 Å². The molecule has 1 aliphatic carbocycles. The third-order valence-electron chi connectivity index (χ3n) is 4.71. The summed E-state index contributed by atoms with van der Waals surface area (Å²) in [5, 5.41) is 21.2. The summed E-state index contributed by atoms with van der Waals surface area (Å²) in [6.07, 6.45) is 1.59. The molecule has 5 nitrogen and oxygen atoms in total. The predicted octanol–water partition coefficient (Wildman–Crippen LogP) is 3.22. The van der Waals surface area contributed by atoms with Crippen LogP contribution in [-0.2, 0) is 0 Å². The predicted molar refractivity (Wildman–Crippen MR) is 75.9 cm³/mol. The third kappa shape index (κ3) is 2.16. The van der Waals surface area contributed by atoms with Gasteiger partial charge in [-0.05, 0) is 25.8 Å². The lowest BCUT2D eigenvalue weighted by Crippen LogP contribution is -2.59. The van der Waals surface area contributed by atoms with Gasteiger partial charge in [-0.25, -0.2) is 0 Å². The van der Waals surface area contributed by atoms with Crippen molar-refractivity contribution in [2.45, 2.75) is 52.2 Å². The smallest absolute Gasteiger partial charge is 0.313 e. The first kappa shape index (κ1) is 14.8. The van der Waals surface area contributed by atoms with Gasteiger partial charge in [-0.2, -0.15) is 0 Å². The molecule has 20 heavy (non-hydrogen) atoms. The van der Waals surface area contributed by atoms with E-state index in [0.717, 1.165) is 12.8 Å². The first-order chi connectivity index (χ1) is 9.46. The fourth-order valence-corrected chi connectivity index (χ4v) is 3.18.